The van der Waals surface area contributed by atoms with Gasteiger partial charge in [0.25, 0.3) is 0 Å². The zero-order valence-electron chi connectivity index (χ0n) is 32.2. The first-order valence-corrected chi connectivity index (χ1v) is 20.6. The lowest BCUT2D eigenvalue weighted by molar-refractivity contribution is 0.346. The molecule has 2 nitrogen and oxygen atoms in total. The fraction of sp³-hybridized carbons (Fsp3) is 0.185. The molecule has 0 amide bonds. The van der Waals surface area contributed by atoms with Crippen LogP contribution in [0.1, 0.15) is 80.0 Å². The lowest BCUT2D eigenvalue weighted by atomic mass is 9.65. The monoisotopic (exact) mass is 726 g/mol. The van der Waals surface area contributed by atoms with E-state index in [0.717, 1.165) is 61.3 Å². The Kier molecular flexibility index (Phi) is 10.4. The molecule has 0 bridgehead atoms. The van der Waals surface area contributed by atoms with Crippen LogP contribution in [0.3, 0.4) is 0 Å². The van der Waals surface area contributed by atoms with E-state index < -0.39 is 0 Å². The second kappa shape index (κ2) is 16.3. The van der Waals surface area contributed by atoms with Crippen molar-refractivity contribution in [1.82, 2.24) is 0 Å². The quantitative estimate of drug-likeness (QED) is 0.139. The lowest BCUT2D eigenvalue weighted by Crippen LogP contribution is -2.30. The van der Waals surface area contributed by atoms with Gasteiger partial charge in [0.2, 0.25) is 0 Å². The Balaban J connectivity index is 1.03. The highest BCUT2D eigenvalue weighted by Crippen LogP contribution is 2.47. The van der Waals surface area contributed by atoms with Crippen LogP contribution in [0, 0.1) is 0 Å². The van der Waals surface area contributed by atoms with Crippen LogP contribution in [0.25, 0.3) is 11.1 Å². The molecular formula is C54H50N2. The van der Waals surface area contributed by atoms with Gasteiger partial charge in [0.1, 0.15) is 0 Å². The first-order valence-electron chi connectivity index (χ1n) is 20.6. The van der Waals surface area contributed by atoms with E-state index in [0.29, 0.717) is 0 Å². The highest BCUT2D eigenvalue weighted by atomic mass is 15.1. The number of hydrogen-bond acceptors (Lipinski definition) is 2. The molecule has 56 heavy (non-hydrogen) atoms. The average molecular weight is 727 g/mol. The van der Waals surface area contributed by atoms with Crippen LogP contribution in [-0.2, 0) is 5.41 Å². The van der Waals surface area contributed by atoms with Crippen LogP contribution in [0.5, 0.6) is 0 Å². The zero-order chi connectivity index (χ0) is 37.6. The Hall–Kier alpha value is -6.12. The SMILES string of the molecule is C1=CC(c2ccc(N(c3ccccc3)c3ccc(C4(c5ccc(N(c6ccccc6)c6ccc(C7=CCCC=C7)cc6)cc5)CCCCC4)cc3)cc2)=CCC1. The third-order valence-electron chi connectivity index (χ3n) is 12.0. The van der Waals surface area contributed by atoms with Crippen molar-refractivity contribution in [3.8, 4) is 0 Å². The van der Waals surface area contributed by atoms with E-state index in [-0.39, 0.29) is 5.41 Å². The molecule has 0 aromatic heterocycles. The molecule has 3 aliphatic rings. The summed E-state index contributed by atoms with van der Waals surface area (Å²) in [6.45, 7) is 0. The molecule has 0 atom stereocenters. The van der Waals surface area contributed by atoms with Crippen molar-refractivity contribution in [1.29, 1.82) is 0 Å². The first kappa shape index (κ1) is 35.6. The molecule has 0 aliphatic heterocycles. The number of hydrogen-bond donors (Lipinski definition) is 0. The minimum atomic E-state index is -0.0176. The number of allylic oxidation sites excluding steroid dienone is 8. The maximum atomic E-state index is 2.41. The summed E-state index contributed by atoms with van der Waals surface area (Å²) >= 11 is 0. The second-order valence-electron chi connectivity index (χ2n) is 15.5. The summed E-state index contributed by atoms with van der Waals surface area (Å²) < 4.78 is 0. The van der Waals surface area contributed by atoms with E-state index in [1.165, 1.54) is 64.0 Å². The fourth-order valence-electron chi connectivity index (χ4n) is 9.07. The van der Waals surface area contributed by atoms with Gasteiger partial charge in [-0.25, -0.2) is 0 Å². The normalized spacial score (nSPS) is 16.1. The van der Waals surface area contributed by atoms with Crippen LogP contribution >= 0.6 is 0 Å². The minimum Gasteiger partial charge on any atom is -0.311 e. The largest absolute Gasteiger partial charge is 0.311 e. The second-order valence-corrected chi connectivity index (χ2v) is 15.5. The topological polar surface area (TPSA) is 6.48 Å². The van der Waals surface area contributed by atoms with Gasteiger partial charge in [-0.05, 0) is 145 Å². The van der Waals surface area contributed by atoms with Gasteiger partial charge in [0.05, 0.1) is 0 Å². The van der Waals surface area contributed by atoms with Gasteiger partial charge in [0.15, 0.2) is 0 Å². The Labute approximate surface area is 333 Å². The van der Waals surface area contributed by atoms with Crippen LogP contribution < -0.4 is 9.80 Å². The number of benzene rings is 6. The Morgan fingerprint density at radius 1 is 0.339 bits per heavy atom. The Morgan fingerprint density at radius 3 is 1.05 bits per heavy atom. The van der Waals surface area contributed by atoms with E-state index >= 15 is 0 Å². The van der Waals surface area contributed by atoms with Crippen molar-refractivity contribution >= 4 is 45.3 Å². The van der Waals surface area contributed by atoms with Gasteiger partial charge >= 0.3 is 0 Å². The summed E-state index contributed by atoms with van der Waals surface area (Å²) in [7, 11) is 0. The molecule has 0 N–H and O–H groups in total. The summed E-state index contributed by atoms with van der Waals surface area (Å²) in [5, 5.41) is 0. The minimum absolute atomic E-state index is 0.0176. The Morgan fingerprint density at radius 2 is 0.696 bits per heavy atom. The Bertz CT molecular complexity index is 2180. The van der Waals surface area contributed by atoms with Crippen molar-refractivity contribution < 1.29 is 0 Å². The molecule has 0 heterocycles. The maximum Gasteiger partial charge on any atom is 0.0462 e. The van der Waals surface area contributed by atoms with Gasteiger partial charge in [-0.1, -0.05) is 141 Å². The number of rotatable bonds is 10. The smallest absolute Gasteiger partial charge is 0.0462 e. The van der Waals surface area contributed by atoms with Crippen molar-refractivity contribution in [3.05, 3.63) is 216 Å². The van der Waals surface area contributed by atoms with Crippen LogP contribution in [-0.4, -0.2) is 0 Å². The van der Waals surface area contributed by atoms with Crippen LogP contribution in [0.15, 0.2) is 194 Å². The molecule has 6 aromatic carbocycles. The molecule has 2 heteroatoms. The molecule has 0 radical (unpaired) electrons. The maximum absolute atomic E-state index is 2.41. The summed E-state index contributed by atoms with van der Waals surface area (Å²) in [5.41, 5.74) is 15.0. The number of para-hydroxylation sites is 2. The van der Waals surface area contributed by atoms with Crippen molar-refractivity contribution in [2.75, 3.05) is 9.80 Å². The fourth-order valence-corrected chi connectivity index (χ4v) is 9.07. The van der Waals surface area contributed by atoms with E-state index in [4.69, 9.17) is 0 Å². The summed E-state index contributed by atoms with van der Waals surface area (Å²) in [5.74, 6) is 0. The summed E-state index contributed by atoms with van der Waals surface area (Å²) in [4.78, 5) is 4.77. The molecule has 0 spiro atoms. The third-order valence-corrected chi connectivity index (χ3v) is 12.0. The van der Waals surface area contributed by atoms with Gasteiger partial charge in [-0.2, -0.15) is 0 Å². The predicted molar refractivity (Wildman–Crippen MR) is 239 cm³/mol. The number of nitrogens with zero attached hydrogens (tertiary/aromatic N) is 2. The molecule has 0 saturated heterocycles. The standard InChI is InChI=1S/C54H50N2/c1-6-16-42(17-7-1)44-24-32-50(33-25-44)55(48-20-10-3-11-21-48)52-36-28-46(29-37-52)54(40-14-5-15-41-54)47-30-38-53(39-31-47)56(49-22-12-4-13-23-49)51-34-26-45(27-35-51)43-18-8-2-9-19-43/h3-4,6,8,10-13,16-39H,1-2,5,7,9,14-15,40-41H2. The molecule has 6 aromatic rings. The molecule has 9 rings (SSSR count). The molecule has 0 unspecified atom stereocenters. The van der Waals surface area contributed by atoms with E-state index in [1.54, 1.807) is 0 Å². The molecular weight excluding hydrogens is 677 g/mol. The summed E-state index contributed by atoms with van der Waals surface area (Å²) in [6, 6.07) is 58.7. The van der Waals surface area contributed by atoms with Gasteiger partial charge in [0, 0.05) is 39.5 Å². The molecule has 1 fully saturated rings. The van der Waals surface area contributed by atoms with Gasteiger partial charge in [-0.15, -0.1) is 0 Å². The lowest BCUT2D eigenvalue weighted by Gasteiger charge is -2.39. The van der Waals surface area contributed by atoms with E-state index in [1.807, 2.05) is 0 Å². The predicted octanol–water partition coefficient (Wildman–Crippen LogP) is 15.3. The van der Waals surface area contributed by atoms with E-state index in [9.17, 15) is 0 Å². The van der Waals surface area contributed by atoms with Crippen molar-refractivity contribution in [2.45, 2.75) is 63.2 Å². The highest BCUT2D eigenvalue weighted by Gasteiger charge is 2.36. The summed E-state index contributed by atoms with van der Waals surface area (Å²) in [6.07, 6.45) is 24.4. The first-order chi connectivity index (χ1) is 27.7. The molecule has 3 aliphatic carbocycles. The van der Waals surface area contributed by atoms with Crippen molar-refractivity contribution in [2.24, 2.45) is 0 Å². The molecule has 1 saturated carbocycles. The zero-order valence-corrected chi connectivity index (χ0v) is 32.2. The number of anilines is 6. The van der Waals surface area contributed by atoms with Crippen molar-refractivity contribution in [3.63, 3.8) is 0 Å². The van der Waals surface area contributed by atoms with Crippen LogP contribution in [0.4, 0.5) is 34.1 Å². The average Bonchev–Trinajstić information content (AvgIpc) is 3.29. The van der Waals surface area contributed by atoms with Gasteiger partial charge < -0.3 is 9.80 Å². The van der Waals surface area contributed by atoms with Gasteiger partial charge in [-0.3, -0.25) is 0 Å². The molecule has 276 valence electrons. The highest BCUT2D eigenvalue weighted by molar-refractivity contribution is 5.82. The third kappa shape index (κ3) is 7.32. The van der Waals surface area contributed by atoms with E-state index in [2.05, 4.69) is 204 Å². The van der Waals surface area contributed by atoms with Crippen LogP contribution in [0.2, 0.25) is 0 Å².